The molecule has 0 aliphatic carbocycles. The average molecular weight is 338 g/mol. The molecule has 132 valence electrons. The first-order valence-electron chi connectivity index (χ1n) is 8.85. The van der Waals surface area contributed by atoms with Crippen molar-refractivity contribution < 1.29 is 9.53 Å². The number of hydrogen-bond donors (Lipinski definition) is 1. The van der Waals surface area contributed by atoms with Gasteiger partial charge in [0.15, 0.2) is 6.61 Å². The van der Waals surface area contributed by atoms with Crippen molar-refractivity contribution in [3.63, 3.8) is 0 Å². The van der Waals surface area contributed by atoms with Gasteiger partial charge in [-0.15, -0.1) is 0 Å². The molecule has 0 aromatic heterocycles. The Labute approximate surface area is 149 Å². The molecule has 1 aliphatic rings. The molecule has 0 unspecified atom stereocenters. The molecule has 4 nitrogen and oxygen atoms in total. The highest BCUT2D eigenvalue weighted by Crippen LogP contribution is 2.32. The van der Waals surface area contributed by atoms with E-state index in [4.69, 9.17) is 4.74 Å². The van der Waals surface area contributed by atoms with Crippen LogP contribution < -0.4 is 10.1 Å². The minimum absolute atomic E-state index is 0.0511. The molecule has 4 heteroatoms. The quantitative estimate of drug-likeness (QED) is 0.911. The van der Waals surface area contributed by atoms with E-state index < -0.39 is 0 Å². The summed E-state index contributed by atoms with van der Waals surface area (Å²) < 4.78 is 5.68. The van der Waals surface area contributed by atoms with E-state index in [1.165, 1.54) is 11.1 Å². The maximum Gasteiger partial charge on any atom is 0.260 e. The van der Waals surface area contributed by atoms with E-state index >= 15 is 0 Å². The number of amides is 1. The number of benzene rings is 2. The Morgan fingerprint density at radius 3 is 2.24 bits per heavy atom. The monoisotopic (exact) mass is 338 g/mol. The van der Waals surface area contributed by atoms with Crippen LogP contribution in [-0.2, 0) is 10.2 Å². The van der Waals surface area contributed by atoms with Gasteiger partial charge < -0.3 is 15.0 Å². The highest BCUT2D eigenvalue weighted by molar-refractivity contribution is 5.77. The van der Waals surface area contributed by atoms with Crippen molar-refractivity contribution in [2.45, 2.75) is 19.3 Å². The van der Waals surface area contributed by atoms with Crippen LogP contribution in [0.2, 0.25) is 0 Å². The van der Waals surface area contributed by atoms with Crippen LogP contribution in [-0.4, -0.2) is 43.6 Å². The summed E-state index contributed by atoms with van der Waals surface area (Å²) in [7, 11) is 0. The molecule has 0 spiro atoms. The van der Waals surface area contributed by atoms with Crippen LogP contribution in [0.5, 0.6) is 5.75 Å². The summed E-state index contributed by atoms with van der Waals surface area (Å²) in [5, 5.41) is 3.24. The van der Waals surface area contributed by atoms with Crippen molar-refractivity contribution in [3.8, 4) is 5.75 Å². The highest BCUT2D eigenvalue weighted by Gasteiger charge is 2.23. The zero-order valence-electron chi connectivity index (χ0n) is 15.0. The van der Waals surface area contributed by atoms with E-state index in [0.29, 0.717) is 0 Å². The Kier molecular flexibility index (Phi) is 5.39. The van der Waals surface area contributed by atoms with Gasteiger partial charge in [-0.2, -0.15) is 0 Å². The lowest BCUT2D eigenvalue weighted by Gasteiger charge is -2.27. The first kappa shape index (κ1) is 17.5. The lowest BCUT2D eigenvalue weighted by molar-refractivity contribution is -0.133. The molecule has 0 radical (unpaired) electrons. The molecule has 25 heavy (non-hydrogen) atoms. The predicted octanol–water partition coefficient (Wildman–Crippen LogP) is 2.82. The maximum absolute atomic E-state index is 12.2. The van der Waals surface area contributed by atoms with Crippen LogP contribution in [0.15, 0.2) is 54.6 Å². The molecule has 1 N–H and O–H groups in total. The maximum atomic E-state index is 12.2. The van der Waals surface area contributed by atoms with Gasteiger partial charge in [-0.25, -0.2) is 0 Å². The van der Waals surface area contributed by atoms with Crippen molar-refractivity contribution >= 4 is 5.91 Å². The zero-order chi connectivity index (χ0) is 17.7. The first-order chi connectivity index (χ1) is 12.1. The van der Waals surface area contributed by atoms with E-state index in [-0.39, 0.29) is 17.9 Å². The summed E-state index contributed by atoms with van der Waals surface area (Å²) in [5.74, 6) is 0.784. The van der Waals surface area contributed by atoms with Crippen LogP contribution >= 0.6 is 0 Å². The molecule has 0 bridgehead atoms. The molecule has 0 atom stereocenters. The van der Waals surface area contributed by atoms with Crippen molar-refractivity contribution in [2.24, 2.45) is 0 Å². The molecule has 2 aromatic carbocycles. The van der Waals surface area contributed by atoms with Crippen molar-refractivity contribution in [1.29, 1.82) is 0 Å². The first-order valence-corrected chi connectivity index (χ1v) is 8.85. The SMILES string of the molecule is CC(C)(c1ccccc1)c1ccc(OCC(=O)N2CCNCC2)cc1. The smallest absolute Gasteiger partial charge is 0.260 e. The molecule has 1 saturated heterocycles. The molecule has 1 heterocycles. The van der Waals surface area contributed by atoms with Crippen molar-refractivity contribution in [1.82, 2.24) is 10.2 Å². The number of nitrogens with one attached hydrogen (secondary N) is 1. The van der Waals surface area contributed by atoms with Gasteiger partial charge in [0, 0.05) is 31.6 Å². The van der Waals surface area contributed by atoms with E-state index in [9.17, 15) is 4.79 Å². The van der Waals surface area contributed by atoms with Crippen LogP contribution in [0.25, 0.3) is 0 Å². The lowest BCUT2D eigenvalue weighted by Crippen LogP contribution is -2.47. The Morgan fingerprint density at radius 2 is 1.60 bits per heavy atom. The van der Waals surface area contributed by atoms with Crippen LogP contribution in [0, 0.1) is 0 Å². The average Bonchev–Trinajstić information content (AvgIpc) is 2.68. The van der Waals surface area contributed by atoms with Gasteiger partial charge in [-0.3, -0.25) is 4.79 Å². The lowest BCUT2D eigenvalue weighted by atomic mass is 9.78. The number of ether oxygens (including phenoxy) is 1. The summed E-state index contributed by atoms with van der Waals surface area (Å²) in [4.78, 5) is 14.0. The summed E-state index contributed by atoms with van der Waals surface area (Å²) in [6, 6.07) is 18.5. The second-order valence-corrected chi connectivity index (χ2v) is 6.93. The molecule has 1 fully saturated rings. The van der Waals surface area contributed by atoms with Gasteiger partial charge >= 0.3 is 0 Å². The van der Waals surface area contributed by atoms with Gasteiger partial charge in [0.2, 0.25) is 0 Å². The van der Waals surface area contributed by atoms with Gasteiger partial charge in [0.1, 0.15) is 5.75 Å². The molecule has 2 aromatic rings. The van der Waals surface area contributed by atoms with E-state index in [1.807, 2.05) is 23.1 Å². The number of carbonyl (C=O) groups excluding carboxylic acids is 1. The molecular formula is C21H26N2O2. The summed E-state index contributed by atoms with van der Waals surface area (Å²) in [5.41, 5.74) is 2.42. The summed E-state index contributed by atoms with van der Waals surface area (Å²) in [6.45, 7) is 7.75. The molecular weight excluding hydrogens is 312 g/mol. The van der Waals surface area contributed by atoms with E-state index in [1.54, 1.807) is 0 Å². The third-order valence-electron chi connectivity index (χ3n) is 4.90. The fraction of sp³-hybridized carbons (Fsp3) is 0.381. The standard InChI is InChI=1S/C21H26N2O2/c1-21(2,17-6-4-3-5-7-17)18-8-10-19(11-9-18)25-16-20(24)23-14-12-22-13-15-23/h3-11,22H,12-16H2,1-2H3. The molecule has 3 rings (SSSR count). The van der Waals surface area contributed by atoms with Gasteiger partial charge in [-0.1, -0.05) is 56.3 Å². The molecule has 1 aliphatic heterocycles. The van der Waals surface area contributed by atoms with Crippen LogP contribution in [0.3, 0.4) is 0 Å². The van der Waals surface area contributed by atoms with Gasteiger partial charge in [0.25, 0.3) is 5.91 Å². The fourth-order valence-corrected chi connectivity index (χ4v) is 3.14. The van der Waals surface area contributed by atoms with E-state index in [2.05, 4.69) is 55.6 Å². The minimum atomic E-state index is -0.0730. The fourth-order valence-electron chi connectivity index (χ4n) is 3.14. The number of carbonyl (C=O) groups is 1. The minimum Gasteiger partial charge on any atom is -0.484 e. The largest absolute Gasteiger partial charge is 0.484 e. The highest BCUT2D eigenvalue weighted by atomic mass is 16.5. The normalized spacial score (nSPS) is 15.0. The Balaban J connectivity index is 1.61. The van der Waals surface area contributed by atoms with Crippen molar-refractivity contribution in [2.75, 3.05) is 32.8 Å². The molecule has 1 amide bonds. The number of nitrogens with zero attached hydrogens (tertiary/aromatic N) is 1. The van der Waals surface area contributed by atoms with E-state index in [0.717, 1.165) is 31.9 Å². The molecule has 0 saturated carbocycles. The predicted molar refractivity (Wildman–Crippen MR) is 100.0 cm³/mol. The van der Waals surface area contributed by atoms with Crippen molar-refractivity contribution in [3.05, 3.63) is 65.7 Å². The Bertz CT molecular complexity index is 690. The number of hydrogen-bond acceptors (Lipinski definition) is 3. The summed E-state index contributed by atoms with van der Waals surface area (Å²) in [6.07, 6.45) is 0. The second kappa shape index (κ2) is 7.70. The zero-order valence-corrected chi connectivity index (χ0v) is 15.0. The third kappa shape index (κ3) is 4.20. The van der Waals surface area contributed by atoms with Crippen LogP contribution in [0.4, 0.5) is 0 Å². The van der Waals surface area contributed by atoms with Crippen LogP contribution in [0.1, 0.15) is 25.0 Å². The Hall–Kier alpha value is -2.33. The Morgan fingerprint density at radius 1 is 1.00 bits per heavy atom. The second-order valence-electron chi connectivity index (χ2n) is 6.93. The van der Waals surface area contributed by atoms with Gasteiger partial charge in [-0.05, 0) is 23.3 Å². The third-order valence-corrected chi connectivity index (χ3v) is 4.90. The summed E-state index contributed by atoms with van der Waals surface area (Å²) >= 11 is 0. The topological polar surface area (TPSA) is 41.6 Å². The number of piperazine rings is 1. The van der Waals surface area contributed by atoms with Gasteiger partial charge in [0.05, 0.1) is 0 Å². The number of rotatable bonds is 5.